The molecule has 0 aliphatic carbocycles. The first kappa shape index (κ1) is 21.1. The van der Waals surface area contributed by atoms with Crippen molar-refractivity contribution in [2.24, 2.45) is 0 Å². The number of oxazole rings is 1. The van der Waals surface area contributed by atoms with Crippen LogP contribution in [0, 0.1) is 24.0 Å². The van der Waals surface area contributed by atoms with Gasteiger partial charge in [-0.05, 0) is 79.6 Å². The molecule has 1 amide bonds. The molecule has 0 atom stereocenters. The Bertz CT molecular complexity index is 1530. The first-order chi connectivity index (χ1) is 16.4. The van der Waals surface area contributed by atoms with Gasteiger partial charge in [-0.3, -0.25) is 14.9 Å². The summed E-state index contributed by atoms with van der Waals surface area (Å²) in [5.74, 6) is 0.674. The number of anilines is 1. The molecule has 2 heterocycles. The summed E-state index contributed by atoms with van der Waals surface area (Å²) in [6, 6.07) is 20.4. The highest BCUT2D eigenvalue weighted by molar-refractivity contribution is 6.02. The van der Waals surface area contributed by atoms with Gasteiger partial charge in [0, 0.05) is 28.9 Å². The molecule has 0 unspecified atom stereocenters. The van der Waals surface area contributed by atoms with E-state index in [1.165, 1.54) is 12.1 Å². The average molecular weight is 453 g/mol. The molecule has 1 N–H and O–H groups in total. The molecular weight excluding hydrogens is 434 g/mol. The van der Waals surface area contributed by atoms with Crippen LogP contribution in [-0.4, -0.2) is 15.8 Å². The second-order valence-electron chi connectivity index (χ2n) is 7.95. The van der Waals surface area contributed by atoms with Gasteiger partial charge in [0.15, 0.2) is 11.3 Å². The van der Waals surface area contributed by atoms with Gasteiger partial charge < -0.3 is 14.2 Å². The fourth-order valence-corrected chi connectivity index (χ4v) is 3.75. The minimum atomic E-state index is -0.470. The third-order valence-corrected chi connectivity index (χ3v) is 5.40. The summed E-state index contributed by atoms with van der Waals surface area (Å²) < 4.78 is 11.6. The summed E-state index contributed by atoms with van der Waals surface area (Å²) in [5, 5.41) is 13.6. The van der Waals surface area contributed by atoms with E-state index < -0.39 is 10.8 Å². The molecule has 0 radical (unpaired) electrons. The van der Waals surface area contributed by atoms with Crippen LogP contribution in [0.15, 0.2) is 81.6 Å². The zero-order valence-corrected chi connectivity index (χ0v) is 18.4. The van der Waals surface area contributed by atoms with Crippen LogP contribution in [0.4, 0.5) is 11.4 Å². The van der Waals surface area contributed by atoms with Crippen molar-refractivity contribution in [3.05, 3.63) is 99.8 Å². The topological polar surface area (TPSA) is 111 Å². The largest absolute Gasteiger partial charge is 0.451 e. The SMILES string of the molecule is Cc1cc(C)c2oc(-c3ccc(NC(=O)c4ccc(-c5ccc([N+](=O)[O-])cc5)o4)cc3)nc2c1. The molecule has 0 fully saturated rings. The number of rotatable bonds is 5. The number of nitrogens with zero attached hydrogens (tertiary/aromatic N) is 2. The van der Waals surface area contributed by atoms with Gasteiger partial charge in [0.25, 0.3) is 11.6 Å². The van der Waals surface area contributed by atoms with Crippen molar-refractivity contribution in [3.8, 4) is 22.8 Å². The number of benzene rings is 3. The van der Waals surface area contributed by atoms with E-state index in [2.05, 4.69) is 16.4 Å². The third-order valence-electron chi connectivity index (χ3n) is 5.40. The monoisotopic (exact) mass is 453 g/mol. The number of nitro benzene ring substituents is 1. The minimum Gasteiger partial charge on any atom is -0.451 e. The summed E-state index contributed by atoms with van der Waals surface area (Å²) in [4.78, 5) is 27.5. The van der Waals surface area contributed by atoms with Crippen LogP contribution in [0.3, 0.4) is 0 Å². The van der Waals surface area contributed by atoms with E-state index in [1.807, 2.05) is 32.0 Å². The zero-order valence-electron chi connectivity index (χ0n) is 18.4. The lowest BCUT2D eigenvalue weighted by Crippen LogP contribution is -2.10. The third kappa shape index (κ3) is 4.04. The molecule has 0 saturated heterocycles. The van der Waals surface area contributed by atoms with Gasteiger partial charge >= 0.3 is 0 Å². The minimum absolute atomic E-state index is 0.0141. The highest BCUT2D eigenvalue weighted by Gasteiger charge is 2.15. The Balaban J connectivity index is 1.30. The summed E-state index contributed by atoms with van der Waals surface area (Å²) in [6.45, 7) is 4.01. The molecule has 8 nitrogen and oxygen atoms in total. The number of nitrogens with one attached hydrogen (secondary N) is 1. The second-order valence-corrected chi connectivity index (χ2v) is 7.95. The molecule has 0 aliphatic heterocycles. The van der Waals surface area contributed by atoms with Crippen LogP contribution < -0.4 is 5.32 Å². The Kier molecular flexibility index (Phi) is 5.18. The fraction of sp³-hybridized carbons (Fsp3) is 0.0769. The Morgan fingerprint density at radius 1 is 0.912 bits per heavy atom. The molecule has 34 heavy (non-hydrogen) atoms. The Hall–Kier alpha value is -4.72. The van der Waals surface area contributed by atoms with E-state index in [9.17, 15) is 14.9 Å². The number of nitro groups is 1. The number of non-ortho nitro benzene ring substituents is 1. The lowest BCUT2D eigenvalue weighted by atomic mass is 10.1. The molecule has 5 aromatic rings. The van der Waals surface area contributed by atoms with E-state index >= 15 is 0 Å². The molecule has 0 saturated carbocycles. The molecule has 8 heteroatoms. The maximum atomic E-state index is 12.6. The number of hydrogen-bond donors (Lipinski definition) is 1. The van der Waals surface area contributed by atoms with Crippen molar-refractivity contribution in [1.82, 2.24) is 4.98 Å². The van der Waals surface area contributed by atoms with E-state index in [4.69, 9.17) is 8.83 Å². The smallest absolute Gasteiger partial charge is 0.291 e. The lowest BCUT2D eigenvalue weighted by molar-refractivity contribution is -0.384. The van der Waals surface area contributed by atoms with Gasteiger partial charge in [-0.2, -0.15) is 0 Å². The predicted octanol–water partition coefficient (Wildman–Crippen LogP) is 6.53. The number of furan rings is 1. The van der Waals surface area contributed by atoms with Crippen LogP contribution in [0.2, 0.25) is 0 Å². The van der Waals surface area contributed by atoms with Gasteiger partial charge in [-0.25, -0.2) is 4.98 Å². The van der Waals surface area contributed by atoms with Gasteiger partial charge in [-0.1, -0.05) is 6.07 Å². The van der Waals surface area contributed by atoms with Crippen LogP contribution >= 0.6 is 0 Å². The van der Waals surface area contributed by atoms with Crippen LogP contribution in [0.1, 0.15) is 21.7 Å². The quantitative estimate of drug-likeness (QED) is 0.239. The molecule has 3 aromatic carbocycles. The standard InChI is InChI=1S/C26H19N3O5/c1-15-13-16(2)24-21(14-15)28-26(34-24)18-3-7-19(8-4-18)27-25(30)23-12-11-22(33-23)17-5-9-20(10-6-17)29(31)32/h3-14H,1-2H3,(H,27,30). The van der Waals surface area contributed by atoms with Crippen molar-refractivity contribution in [2.75, 3.05) is 5.32 Å². The first-order valence-corrected chi connectivity index (χ1v) is 10.5. The highest BCUT2D eigenvalue weighted by atomic mass is 16.6. The normalized spacial score (nSPS) is 11.0. The van der Waals surface area contributed by atoms with Gasteiger partial charge in [0.1, 0.15) is 11.3 Å². The van der Waals surface area contributed by atoms with E-state index in [-0.39, 0.29) is 11.4 Å². The highest BCUT2D eigenvalue weighted by Crippen LogP contribution is 2.29. The number of aryl methyl sites for hydroxylation is 2. The Labute approximate surface area is 194 Å². The molecule has 5 rings (SSSR count). The lowest BCUT2D eigenvalue weighted by Gasteiger charge is -2.04. The van der Waals surface area contributed by atoms with Crippen LogP contribution in [0.25, 0.3) is 33.9 Å². The predicted molar refractivity (Wildman–Crippen MR) is 128 cm³/mol. The number of carbonyl (C=O) groups excluding carboxylic acids is 1. The molecule has 0 spiro atoms. The van der Waals surface area contributed by atoms with E-state index in [1.54, 1.807) is 36.4 Å². The first-order valence-electron chi connectivity index (χ1n) is 10.5. The van der Waals surface area contributed by atoms with E-state index in [0.29, 0.717) is 22.9 Å². The number of amides is 1. The van der Waals surface area contributed by atoms with Crippen molar-refractivity contribution in [2.45, 2.75) is 13.8 Å². The van der Waals surface area contributed by atoms with Crippen LogP contribution in [0.5, 0.6) is 0 Å². The number of hydrogen-bond acceptors (Lipinski definition) is 6. The maximum Gasteiger partial charge on any atom is 0.291 e. The number of fused-ring (bicyclic) bond motifs is 1. The van der Waals surface area contributed by atoms with E-state index in [0.717, 1.165) is 27.8 Å². The van der Waals surface area contributed by atoms with Gasteiger partial charge in [0.2, 0.25) is 5.89 Å². The van der Waals surface area contributed by atoms with Crippen molar-refractivity contribution < 1.29 is 18.6 Å². The molecule has 0 bridgehead atoms. The molecule has 2 aromatic heterocycles. The molecule has 168 valence electrons. The Morgan fingerprint density at radius 3 is 2.32 bits per heavy atom. The summed E-state index contributed by atoms with van der Waals surface area (Å²) in [7, 11) is 0. The fourth-order valence-electron chi connectivity index (χ4n) is 3.75. The number of aromatic nitrogens is 1. The summed E-state index contributed by atoms with van der Waals surface area (Å²) in [5.41, 5.74) is 5.74. The van der Waals surface area contributed by atoms with Crippen molar-refractivity contribution in [3.63, 3.8) is 0 Å². The van der Waals surface area contributed by atoms with Gasteiger partial charge in [0.05, 0.1) is 4.92 Å². The molecular formula is C26H19N3O5. The van der Waals surface area contributed by atoms with Gasteiger partial charge in [-0.15, -0.1) is 0 Å². The number of carbonyl (C=O) groups is 1. The second kappa shape index (κ2) is 8.32. The zero-order chi connectivity index (χ0) is 23.8. The maximum absolute atomic E-state index is 12.6. The van der Waals surface area contributed by atoms with Crippen molar-refractivity contribution >= 4 is 28.4 Å². The van der Waals surface area contributed by atoms with Crippen LogP contribution in [-0.2, 0) is 0 Å². The Morgan fingerprint density at radius 2 is 1.62 bits per heavy atom. The van der Waals surface area contributed by atoms with Crippen molar-refractivity contribution in [1.29, 1.82) is 0 Å². The molecule has 0 aliphatic rings. The average Bonchev–Trinajstić information content (AvgIpc) is 3.48. The summed E-state index contributed by atoms with van der Waals surface area (Å²) in [6.07, 6.45) is 0. The summed E-state index contributed by atoms with van der Waals surface area (Å²) >= 11 is 0.